The molecule has 9 nitrogen and oxygen atoms in total. The number of nitrogens with one attached hydrogen (secondary N) is 1. The monoisotopic (exact) mass is 480 g/mol. The molecular weight excluding hydrogens is 452 g/mol. The minimum atomic E-state index is -1.84. The molecule has 2 fully saturated rings. The van der Waals surface area contributed by atoms with Crippen LogP contribution in [0.25, 0.3) is 11.1 Å². The molecule has 2 amide bonds. The van der Waals surface area contributed by atoms with Crippen LogP contribution in [-0.4, -0.2) is 77.1 Å². The van der Waals surface area contributed by atoms with Crippen LogP contribution in [-0.2, 0) is 19.1 Å². The molecule has 1 unspecified atom stereocenters. The highest BCUT2D eigenvalue weighted by Gasteiger charge is 2.49. The molecule has 1 aliphatic carbocycles. The lowest BCUT2D eigenvalue weighted by atomic mass is 9.89. The molecule has 2 saturated heterocycles. The van der Waals surface area contributed by atoms with E-state index in [-0.39, 0.29) is 57.4 Å². The van der Waals surface area contributed by atoms with E-state index in [1.54, 1.807) is 0 Å². The molecule has 35 heavy (non-hydrogen) atoms. The van der Waals surface area contributed by atoms with Crippen LogP contribution in [0, 0.1) is 0 Å². The Morgan fingerprint density at radius 2 is 1.60 bits per heavy atom. The topological polar surface area (TPSA) is 125 Å². The maximum Gasteiger partial charge on any atom is 0.408 e. The van der Waals surface area contributed by atoms with E-state index in [0.29, 0.717) is 6.61 Å². The second-order valence-corrected chi connectivity index (χ2v) is 9.46. The van der Waals surface area contributed by atoms with Gasteiger partial charge in [-0.05, 0) is 22.3 Å². The SMILES string of the molecule is O=C(NC1(C(=O)N2CCC(O)(C(=O)O)CC2)CCOC1)OCC1c2ccccc2-c2ccccc21. The van der Waals surface area contributed by atoms with E-state index < -0.39 is 23.2 Å². The summed E-state index contributed by atoms with van der Waals surface area (Å²) in [5.74, 6) is -1.74. The van der Waals surface area contributed by atoms with Crippen molar-refractivity contribution in [3.8, 4) is 11.1 Å². The van der Waals surface area contributed by atoms with Crippen molar-refractivity contribution < 1.29 is 34.1 Å². The van der Waals surface area contributed by atoms with Gasteiger partial charge in [0.1, 0.15) is 12.1 Å². The third-order valence-corrected chi connectivity index (χ3v) is 7.39. The summed E-state index contributed by atoms with van der Waals surface area (Å²) in [7, 11) is 0. The molecule has 0 bridgehead atoms. The molecule has 2 aromatic rings. The summed E-state index contributed by atoms with van der Waals surface area (Å²) in [5, 5.41) is 22.2. The molecular formula is C26H28N2O7. The van der Waals surface area contributed by atoms with E-state index in [2.05, 4.69) is 17.4 Å². The van der Waals surface area contributed by atoms with Crippen LogP contribution in [0.3, 0.4) is 0 Å². The molecule has 3 N–H and O–H groups in total. The van der Waals surface area contributed by atoms with Gasteiger partial charge in [0, 0.05) is 44.9 Å². The van der Waals surface area contributed by atoms with Crippen LogP contribution in [0.4, 0.5) is 4.79 Å². The maximum atomic E-state index is 13.4. The van der Waals surface area contributed by atoms with Gasteiger partial charge in [0.05, 0.1) is 6.61 Å². The second kappa shape index (κ2) is 8.98. The lowest BCUT2D eigenvalue weighted by molar-refractivity contribution is -0.166. The van der Waals surface area contributed by atoms with Crippen LogP contribution >= 0.6 is 0 Å². The number of likely N-dealkylation sites (tertiary alicyclic amines) is 1. The lowest BCUT2D eigenvalue weighted by Crippen LogP contribution is -2.63. The predicted octanol–water partition coefficient (Wildman–Crippen LogP) is 2.12. The van der Waals surface area contributed by atoms with Crippen LogP contribution < -0.4 is 5.32 Å². The number of hydrogen-bond acceptors (Lipinski definition) is 6. The summed E-state index contributed by atoms with van der Waals surface area (Å²) in [6.07, 6.45) is -0.563. The summed E-state index contributed by atoms with van der Waals surface area (Å²) in [5.41, 5.74) is 1.32. The highest BCUT2D eigenvalue weighted by molar-refractivity contribution is 5.91. The third-order valence-electron chi connectivity index (χ3n) is 7.39. The van der Waals surface area contributed by atoms with Gasteiger partial charge in [-0.25, -0.2) is 9.59 Å². The zero-order valence-corrected chi connectivity index (χ0v) is 19.2. The number of rotatable bonds is 5. The van der Waals surface area contributed by atoms with Gasteiger partial charge in [0.2, 0.25) is 0 Å². The van der Waals surface area contributed by atoms with Gasteiger partial charge >= 0.3 is 12.1 Å². The molecule has 5 rings (SSSR count). The quantitative estimate of drug-likeness (QED) is 0.599. The highest BCUT2D eigenvalue weighted by Crippen LogP contribution is 2.44. The Kier molecular flexibility index (Phi) is 5.98. The molecule has 0 radical (unpaired) electrons. The Labute approximate surface area is 202 Å². The van der Waals surface area contributed by atoms with Gasteiger partial charge in [-0.1, -0.05) is 48.5 Å². The van der Waals surface area contributed by atoms with Gasteiger partial charge < -0.3 is 29.9 Å². The number of carbonyl (C=O) groups excluding carboxylic acids is 2. The Morgan fingerprint density at radius 1 is 1.00 bits per heavy atom. The summed E-state index contributed by atoms with van der Waals surface area (Å²) < 4.78 is 11.1. The van der Waals surface area contributed by atoms with Gasteiger partial charge in [0.15, 0.2) is 5.60 Å². The van der Waals surface area contributed by atoms with E-state index >= 15 is 0 Å². The van der Waals surface area contributed by atoms with Gasteiger partial charge in [-0.2, -0.15) is 0 Å². The molecule has 3 aliphatic rings. The number of nitrogens with zero attached hydrogens (tertiary/aromatic N) is 1. The Hall–Kier alpha value is -3.43. The number of benzene rings is 2. The molecule has 184 valence electrons. The Morgan fingerprint density at radius 3 is 2.14 bits per heavy atom. The zero-order valence-electron chi connectivity index (χ0n) is 19.2. The fourth-order valence-electron chi connectivity index (χ4n) is 5.31. The summed E-state index contributed by atoms with van der Waals surface area (Å²) in [4.78, 5) is 39.0. The Balaban J connectivity index is 1.26. The number of carboxylic acids is 1. The van der Waals surface area contributed by atoms with Crippen molar-refractivity contribution in [2.45, 2.75) is 36.3 Å². The van der Waals surface area contributed by atoms with Gasteiger partial charge in [-0.3, -0.25) is 4.79 Å². The standard InChI is InChI=1S/C26H28N2O7/c29-22(28-12-9-26(33,10-13-28)23(30)31)25(11-14-34-16-25)27-24(32)35-15-21-19-7-3-1-5-17(19)18-6-2-4-8-20(18)21/h1-8,21,33H,9-16H2,(H,27,32)(H,30,31). The number of aliphatic hydroxyl groups is 1. The number of piperidine rings is 1. The van der Waals surface area contributed by atoms with Crippen LogP contribution in [0.5, 0.6) is 0 Å². The summed E-state index contributed by atoms with van der Waals surface area (Å²) in [6.45, 7) is 0.601. The van der Waals surface area contributed by atoms with Gasteiger partial charge in [-0.15, -0.1) is 0 Å². The van der Waals surface area contributed by atoms with Crippen molar-refractivity contribution in [3.05, 3.63) is 59.7 Å². The molecule has 1 atom stereocenters. The summed E-state index contributed by atoms with van der Waals surface area (Å²) >= 11 is 0. The molecule has 2 aromatic carbocycles. The molecule has 0 saturated carbocycles. The zero-order chi connectivity index (χ0) is 24.6. The number of hydrogen-bond donors (Lipinski definition) is 3. The largest absolute Gasteiger partial charge is 0.479 e. The van der Waals surface area contributed by atoms with E-state index in [1.807, 2.05) is 36.4 Å². The minimum Gasteiger partial charge on any atom is -0.479 e. The summed E-state index contributed by atoms with van der Waals surface area (Å²) in [6, 6.07) is 16.1. The van der Waals surface area contributed by atoms with E-state index in [9.17, 15) is 24.6 Å². The molecule has 0 spiro atoms. The smallest absolute Gasteiger partial charge is 0.408 e. The number of aliphatic carboxylic acids is 1. The number of fused-ring (bicyclic) bond motifs is 3. The van der Waals surface area contributed by atoms with Gasteiger partial charge in [0.25, 0.3) is 5.91 Å². The number of ether oxygens (including phenoxy) is 2. The first kappa shape index (κ1) is 23.3. The van der Waals surface area contributed by atoms with Crippen LogP contribution in [0.2, 0.25) is 0 Å². The fraction of sp³-hybridized carbons (Fsp3) is 0.423. The number of alkyl carbamates (subject to hydrolysis) is 1. The number of carbonyl (C=O) groups is 3. The van der Waals surface area contributed by atoms with Crippen molar-refractivity contribution in [2.75, 3.05) is 32.9 Å². The lowest BCUT2D eigenvalue weighted by Gasteiger charge is -2.39. The van der Waals surface area contributed by atoms with Crippen molar-refractivity contribution in [1.29, 1.82) is 0 Å². The fourth-order valence-corrected chi connectivity index (χ4v) is 5.31. The normalized spacial score (nSPS) is 22.8. The highest BCUT2D eigenvalue weighted by atomic mass is 16.6. The molecule has 0 aromatic heterocycles. The number of amides is 2. The number of carboxylic acid groups (broad SMARTS) is 1. The van der Waals surface area contributed by atoms with Crippen LogP contribution in [0.15, 0.2) is 48.5 Å². The van der Waals surface area contributed by atoms with Crippen molar-refractivity contribution in [1.82, 2.24) is 10.2 Å². The average molecular weight is 481 g/mol. The first-order chi connectivity index (χ1) is 16.8. The first-order valence-corrected chi connectivity index (χ1v) is 11.8. The van der Waals surface area contributed by atoms with Crippen molar-refractivity contribution in [3.63, 3.8) is 0 Å². The van der Waals surface area contributed by atoms with E-state index in [1.165, 1.54) is 4.90 Å². The average Bonchev–Trinajstić information content (AvgIpc) is 3.46. The van der Waals surface area contributed by atoms with E-state index in [0.717, 1.165) is 22.3 Å². The molecule has 2 heterocycles. The first-order valence-electron chi connectivity index (χ1n) is 11.8. The second-order valence-electron chi connectivity index (χ2n) is 9.46. The Bertz CT molecular complexity index is 1100. The van der Waals surface area contributed by atoms with Crippen molar-refractivity contribution >= 4 is 18.0 Å². The predicted molar refractivity (Wildman–Crippen MR) is 125 cm³/mol. The third kappa shape index (κ3) is 4.15. The van der Waals surface area contributed by atoms with Crippen LogP contribution in [0.1, 0.15) is 36.3 Å². The minimum absolute atomic E-state index is 0.00965. The van der Waals surface area contributed by atoms with Crippen molar-refractivity contribution in [2.24, 2.45) is 0 Å². The molecule has 2 aliphatic heterocycles. The maximum absolute atomic E-state index is 13.4. The molecule has 9 heteroatoms. The van der Waals surface area contributed by atoms with E-state index in [4.69, 9.17) is 9.47 Å².